The maximum absolute atomic E-state index is 10.2. The second-order valence-corrected chi connectivity index (χ2v) is 6.75. The van der Waals surface area contributed by atoms with Gasteiger partial charge in [-0.2, -0.15) is 0 Å². The van der Waals surface area contributed by atoms with Gasteiger partial charge in [0.1, 0.15) is 42.4 Å². The highest BCUT2D eigenvalue weighted by atomic mass is 16.7. The molecule has 0 bridgehead atoms. The number of hydrogen-bond donors (Lipinski definition) is 11. The zero-order chi connectivity index (χ0) is 23.2. The first-order valence-electron chi connectivity index (χ1n) is 8.98. The molecular formula is C16H30O14. The molecule has 1 aliphatic heterocycles. The molecule has 0 spiro atoms. The van der Waals surface area contributed by atoms with E-state index in [9.17, 15) is 35.7 Å². The fraction of sp³-hybridized carbons (Fsp3) is 0.875. The van der Waals surface area contributed by atoms with Gasteiger partial charge in [-0.25, -0.2) is 0 Å². The van der Waals surface area contributed by atoms with Crippen molar-refractivity contribution < 1.29 is 70.4 Å². The predicted molar refractivity (Wildman–Crippen MR) is 93.4 cm³/mol. The SMILES string of the molecule is C/C(O)=C(/O)C(O)OC(C(O)CCOC1OC(CO)C(O)C(O)C1O)C(O)C(O)O. The van der Waals surface area contributed by atoms with E-state index in [1.54, 1.807) is 0 Å². The van der Waals surface area contributed by atoms with Crippen LogP contribution in [0.5, 0.6) is 0 Å². The van der Waals surface area contributed by atoms with Crippen LogP contribution in [0, 0.1) is 0 Å². The highest BCUT2D eigenvalue weighted by Gasteiger charge is 2.44. The average molecular weight is 446 g/mol. The molecule has 0 aliphatic carbocycles. The molecule has 1 saturated heterocycles. The van der Waals surface area contributed by atoms with Crippen LogP contribution >= 0.6 is 0 Å². The van der Waals surface area contributed by atoms with Gasteiger partial charge in [0, 0.05) is 0 Å². The van der Waals surface area contributed by atoms with Crippen LogP contribution < -0.4 is 0 Å². The van der Waals surface area contributed by atoms with Gasteiger partial charge >= 0.3 is 0 Å². The summed E-state index contributed by atoms with van der Waals surface area (Å²) in [6.07, 6.45) is -18.4. The standard InChI is InChI=1S/C16H30O14/c1-5(18)8(20)15(27)30-13(12(24)14(25)26)6(19)2-3-28-16-11(23)10(22)9(21)7(4-17)29-16/h6-7,9-27H,2-4H2,1H3/b8-5-. The number of allylic oxidation sites excluding steroid dienone is 1. The molecular weight excluding hydrogens is 416 g/mol. The van der Waals surface area contributed by atoms with Crippen LogP contribution in [0.25, 0.3) is 0 Å². The highest BCUT2D eigenvalue weighted by molar-refractivity contribution is 4.98. The Bertz CT molecular complexity index is 536. The molecule has 9 atom stereocenters. The summed E-state index contributed by atoms with van der Waals surface area (Å²) in [6.45, 7) is -0.0863. The van der Waals surface area contributed by atoms with Crippen LogP contribution in [0.1, 0.15) is 13.3 Å². The molecule has 1 aliphatic rings. The summed E-state index contributed by atoms with van der Waals surface area (Å²) < 4.78 is 15.1. The normalized spacial score (nSPS) is 32.4. The van der Waals surface area contributed by atoms with E-state index in [1.807, 2.05) is 0 Å². The van der Waals surface area contributed by atoms with Gasteiger partial charge in [0.15, 0.2) is 18.3 Å². The fourth-order valence-corrected chi connectivity index (χ4v) is 2.63. The Morgan fingerprint density at radius 2 is 1.57 bits per heavy atom. The summed E-state index contributed by atoms with van der Waals surface area (Å²) in [4.78, 5) is 0. The van der Waals surface area contributed by atoms with Crippen molar-refractivity contribution in [1.29, 1.82) is 0 Å². The van der Waals surface area contributed by atoms with Crippen LogP contribution in [0.3, 0.4) is 0 Å². The van der Waals surface area contributed by atoms with Crippen LogP contribution in [-0.2, 0) is 14.2 Å². The maximum Gasteiger partial charge on any atom is 0.217 e. The van der Waals surface area contributed by atoms with Gasteiger partial charge in [-0.05, 0) is 13.3 Å². The Morgan fingerprint density at radius 3 is 2.07 bits per heavy atom. The second-order valence-electron chi connectivity index (χ2n) is 6.75. The first-order chi connectivity index (χ1) is 13.9. The lowest BCUT2D eigenvalue weighted by Crippen LogP contribution is -2.59. The second kappa shape index (κ2) is 12.0. The van der Waals surface area contributed by atoms with E-state index in [-0.39, 0.29) is 0 Å². The van der Waals surface area contributed by atoms with E-state index in [2.05, 4.69) is 0 Å². The summed E-state index contributed by atoms with van der Waals surface area (Å²) in [5.74, 6) is -1.76. The molecule has 0 aromatic rings. The van der Waals surface area contributed by atoms with Crippen molar-refractivity contribution in [2.45, 2.75) is 74.9 Å². The minimum Gasteiger partial charge on any atom is -0.509 e. The Labute approximate surface area is 171 Å². The average Bonchev–Trinajstić information content (AvgIpc) is 2.70. The van der Waals surface area contributed by atoms with Gasteiger partial charge in [-0.15, -0.1) is 0 Å². The number of ether oxygens (including phenoxy) is 3. The zero-order valence-corrected chi connectivity index (χ0v) is 16.0. The van der Waals surface area contributed by atoms with Gasteiger partial charge in [-0.3, -0.25) is 0 Å². The van der Waals surface area contributed by atoms with Gasteiger partial charge in [0.25, 0.3) is 0 Å². The Morgan fingerprint density at radius 1 is 0.967 bits per heavy atom. The number of rotatable bonds is 11. The molecule has 1 rings (SSSR count). The summed E-state index contributed by atoms with van der Waals surface area (Å²) in [5, 5.41) is 105. The topological polar surface area (TPSA) is 250 Å². The quantitative estimate of drug-likeness (QED) is 0.105. The van der Waals surface area contributed by atoms with E-state index >= 15 is 0 Å². The molecule has 30 heavy (non-hydrogen) atoms. The minimum atomic E-state index is -2.40. The summed E-state index contributed by atoms with van der Waals surface area (Å²) >= 11 is 0. The molecule has 0 radical (unpaired) electrons. The fourth-order valence-electron chi connectivity index (χ4n) is 2.63. The van der Waals surface area contributed by atoms with Crippen LogP contribution in [-0.4, -0.2) is 131 Å². The first kappa shape index (κ1) is 26.9. The van der Waals surface area contributed by atoms with E-state index in [4.69, 9.17) is 34.6 Å². The number of aliphatic hydroxyl groups is 11. The van der Waals surface area contributed by atoms with Gasteiger partial charge in [0.05, 0.1) is 19.3 Å². The van der Waals surface area contributed by atoms with E-state index in [0.29, 0.717) is 0 Å². The molecule has 0 aromatic heterocycles. The van der Waals surface area contributed by atoms with E-state index < -0.39 is 92.8 Å². The molecule has 178 valence electrons. The van der Waals surface area contributed by atoms with E-state index in [1.165, 1.54) is 0 Å². The van der Waals surface area contributed by atoms with Crippen molar-refractivity contribution in [3.05, 3.63) is 11.5 Å². The lowest BCUT2D eigenvalue weighted by Gasteiger charge is -2.39. The largest absolute Gasteiger partial charge is 0.509 e. The van der Waals surface area contributed by atoms with Crippen molar-refractivity contribution in [3.8, 4) is 0 Å². The van der Waals surface area contributed by atoms with Gasteiger partial charge in [-0.1, -0.05) is 0 Å². The monoisotopic (exact) mass is 446 g/mol. The van der Waals surface area contributed by atoms with Crippen molar-refractivity contribution in [2.75, 3.05) is 13.2 Å². The third kappa shape index (κ3) is 6.94. The third-order valence-corrected chi connectivity index (χ3v) is 4.46. The van der Waals surface area contributed by atoms with Gasteiger partial charge in [0.2, 0.25) is 6.29 Å². The smallest absolute Gasteiger partial charge is 0.217 e. The molecule has 1 heterocycles. The third-order valence-electron chi connectivity index (χ3n) is 4.46. The van der Waals surface area contributed by atoms with E-state index in [0.717, 1.165) is 6.92 Å². The molecule has 11 N–H and O–H groups in total. The Balaban J connectivity index is 2.73. The van der Waals surface area contributed by atoms with Gasteiger partial charge < -0.3 is 70.4 Å². The molecule has 0 aromatic carbocycles. The first-order valence-corrected chi connectivity index (χ1v) is 8.98. The van der Waals surface area contributed by atoms with Crippen LogP contribution in [0.4, 0.5) is 0 Å². The molecule has 1 fully saturated rings. The molecule has 14 heteroatoms. The Kier molecular flexibility index (Phi) is 10.8. The highest BCUT2D eigenvalue weighted by Crippen LogP contribution is 2.23. The number of hydrogen-bond acceptors (Lipinski definition) is 14. The maximum atomic E-state index is 10.2. The van der Waals surface area contributed by atoms with Crippen molar-refractivity contribution in [1.82, 2.24) is 0 Å². The number of aliphatic hydroxyl groups excluding tert-OH is 10. The lowest BCUT2D eigenvalue weighted by molar-refractivity contribution is -0.302. The van der Waals surface area contributed by atoms with Crippen molar-refractivity contribution >= 4 is 0 Å². The van der Waals surface area contributed by atoms with Crippen molar-refractivity contribution in [2.24, 2.45) is 0 Å². The summed E-state index contributed by atoms with van der Waals surface area (Å²) in [6, 6.07) is 0. The van der Waals surface area contributed by atoms with Crippen LogP contribution in [0.15, 0.2) is 11.5 Å². The molecule has 14 nitrogen and oxygen atoms in total. The summed E-state index contributed by atoms with van der Waals surface area (Å²) in [7, 11) is 0. The molecule has 9 unspecified atom stereocenters. The molecule has 0 amide bonds. The molecule has 0 saturated carbocycles. The zero-order valence-electron chi connectivity index (χ0n) is 16.0. The minimum absolute atomic E-state index is 0.404. The summed E-state index contributed by atoms with van der Waals surface area (Å²) in [5.41, 5.74) is 0. The van der Waals surface area contributed by atoms with Crippen LogP contribution in [0.2, 0.25) is 0 Å². The predicted octanol–water partition coefficient (Wildman–Crippen LogP) is -4.72. The Hall–Kier alpha value is -1.14. The van der Waals surface area contributed by atoms with Crippen molar-refractivity contribution in [3.63, 3.8) is 0 Å². The lowest BCUT2D eigenvalue weighted by atomic mass is 9.99.